The maximum atomic E-state index is 15.5. The van der Waals surface area contributed by atoms with Gasteiger partial charge < -0.3 is 111 Å². The van der Waals surface area contributed by atoms with Gasteiger partial charge in [0.05, 0.1) is 12.7 Å². The van der Waals surface area contributed by atoms with Gasteiger partial charge in [-0.25, -0.2) is 0 Å². The van der Waals surface area contributed by atoms with Crippen molar-refractivity contribution < 1.29 is 102 Å². The van der Waals surface area contributed by atoms with E-state index >= 15 is 28.8 Å². The number of fused-ring (bicyclic) bond motifs is 1. The Kier molecular flexibility index (Phi) is 39.9. The third-order valence-electron chi connectivity index (χ3n) is 22.0. The number of primary amides is 2. The maximum Gasteiger partial charge on any atom is 0.303 e. The van der Waals surface area contributed by atoms with E-state index in [1.165, 1.54) is 72.7 Å². The van der Waals surface area contributed by atoms with E-state index in [2.05, 4.69) is 79.4 Å². The molecule has 0 radical (unpaired) electrons. The van der Waals surface area contributed by atoms with Crippen LogP contribution < -0.4 is 85.9 Å². The molecule has 1 fully saturated rings. The zero-order chi connectivity index (χ0) is 92.4. The first-order chi connectivity index (χ1) is 59.1. The number of nitrogens with one attached hydrogen (secondary N) is 15. The van der Waals surface area contributed by atoms with Crippen molar-refractivity contribution in [1.29, 1.82) is 0 Å². The van der Waals surface area contributed by atoms with Crippen LogP contribution >= 0.6 is 0 Å². The highest BCUT2D eigenvalue weighted by atomic mass is 16.4. The number of aromatic nitrogens is 1. The van der Waals surface area contributed by atoms with Crippen LogP contribution in [0.3, 0.4) is 0 Å². The number of aliphatic carboxylic acids is 1. The molecule has 125 heavy (non-hydrogen) atoms. The number of aliphatic hydroxyl groups excluding tert-OH is 2. The fourth-order valence-electron chi connectivity index (χ4n) is 14.3. The number of carbonyl (C=O) groups is 17. The Morgan fingerprint density at radius 2 is 1.12 bits per heavy atom. The number of aliphatic hydroxyl groups is 2. The van der Waals surface area contributed by atoms with Gasteiger partial charge in [-0.2, -0.15) is 0 Å². The van der Waals surface area contributed by atoms with Gasteiger partial charge in [0, 0.05) is 56.1 Å². The van der Waals surface area contributed by atoms with Crippen LogP contribution in [0.1, 0.15) is 195 Å². The first kappa shape index (κ1) is 101. The summed E-state index contributed by atoms with van der Waals surface area (Å²) in [6, 6.07) is 2.25. The van der Waals surface area contributed by atoms with Crippen molar-refractivity contribution >= 4 is 111 Å². The molecule has 0 unspecified atom stereocenters. The van der Waals surface area contributed by atoms with Gasteiger partial charge in [0.25, 0.3) is 0 Å². The quantitative estimate of drug-likeness (QED) is 0.0283. The number of para-hydroxylation sites is 1. The molecule has 1 aliphatic heterocycles. The highest BCUT2D eigenvalue weighted by Gasteiger charge is 2.44. The number of amides is 16. The zero-order valence-electron chi connectivity index (χ0n) is 72.3. The fourth-order valence-corrected chi connectivity index (χ4v) is 14.3. The smallest absolute Gasteiger partial charge is 0.303 e. The second kappa shape index (κ2) is 49.2. The molecule has 16 amide bonds. The molecule has 38 nitrogen and oxygen atoms in total. The Bertz CT molecular complexity index is 4460. The average Bonchev–Trinajstić information content (AvgIpc) is 1.80. The van der Waals surface area contributed by atoms with E-state index in [1.807, 2.05) is 12.2 Å². The van der Waals surface area contributed by atoms with Crippen LogP contribution in [0.25, 0.3) is 10.9 Å². The number of H-pyrrole nitrogens is 1. The number of aromatic hydroxyl groups is 1. The number of benzene rings is 3. The Hall–Kier alpha value is -12.4. The lowest BCUT2D eigenvalue weighted by atomic mass is 9.80. The topological polar surface area (TPSA) is 607 Å². The first-order valence-corrected chi connectivity index (χ1v) is 42.5. The van der Waals surface area contributed by atoms with Crippen molar-refractivity contribution in [3.8, 4) is 5.75 Å². The van der Waals surface area contributed by atoms with E-state index in [0.717, 1.165) is 6.42 Å². The Morgan fingerprint density at radius 3 is 1.73 bits per heavy atom. The van der Waals surface area contributed by atoms with Crippen LogP contribution in [0.2, 0.25) is 0 Å². The molecule has 38 heteroatoms. The molecule has 3 aromatic carbocycles. The predicted octanol–water partition coefficient (Wildman–Crippen LogP) is -0.146. The SMILES string of the molecule is CC(=O)N[C@@H](CC(C)C)C(=O)N[C@@H](C(=O)N[C@@H](Cc1ccccc1)C(=O)N[C@@]1(C)CCCCCC/C=C\CCC[C@@](C)(C(=O)N[C@@H](CO)C(=O)N[C@@H](C)C(=O)N[C@@H](C)C(N)=O)NC(=O)[C@H](CC2CCC2)NC(=O)[C@H](CCC(N)=O)NC(=O)[C@H](C)NC(=O)[C@H](Cc2c[nH]c3ccccc23)NC(=O)[C@H](Cc2ccc(O)cc2)NC(=O)[C@H](CCC(=O)O)NC1=O)[C@@H](C)O. The summed E-state index contributed by atoms with van der Waals surface area (Å²) in [6.45, 7) is 11.6. The van der Waals surface area contributed by atoms with Gasteiger partial charge in [0.2, 0.25) is 94.5 Å². The molecule has 1 aromatic heterocycles. The minimum atomic E-state index is -2.07. The summed E-state index contributed by atoms with van der Waals surface area (Å²) in [4.78, 5) is 243. The molecular formula is C87H125N17O21. The number of nitrogens with two attached hydrogens (primary N) is 2. The van der Waals surface area contributed by atoms with Gasteiger partial charge in [-0.1, -0.05) is 125 Å². The number of carbonyl (C=O) groups excluding carboxylic acids is 16. The van der Waals surface area contributed by atoms with Gasteiger partial charge in [0.15, 0.2) is 0 Å². The number of allylic oxidation sites excluding steroid dienone is 2. The minimum Gasteiger partial charge on any atom is -0.508 e. The molecule has 15 atom stereocenters. The molecule has 684 valence electrons. The Morgan fingerprint density at radius 1 is 0.544 bits per heavy atom. The van der Waals surface area contributed by atoms with Crippen molar-refractivity contribution in [3.05, 3.63) is 114 Å². The van der Waals surface area contributed by atoms with E-state index in [4.69, 9.17) is 11.5 Å². The number of rotatable bonds is 32. The largest absolute Gasteiger partial charge is 0.508 e. The molecule has 6 rings (SSSR count). The summed E-state index contributed by atoms with van der Waals surface area (Å²) >= 11 is 0. The highest BCUT2D eigenvalue weighted by Crippen LogP contribution is 2.31. The molecular weight excluding hydrogens is 1620 g/mol. The van der Waals surface area contributed by atoms with E-state index in [0.29, 0.717) is 66.1 Å². The van der Waals surface area contributed by atoms with Gasteiger partial charge in [-0.15, -0.1) is 0 Å². The number of phenolic OH excluding ortho intramolecular Hbond substituents is 1. The van der Waals surface area contributed by atoms with Crippen LogP contribution in [0.15, 0.2) is 97.2 Å². The summed E-state index contributed by atoms with van der Waals surface area (Å²) in [5.74, 6) is -17.0. The second-order valence-corrected chi connectivity index (χ2v) is 33.3. The third-order valence-corrected chi connectivity index (χ3v) is 22.0. The molecule has 2 aliphatic rings. The van der Waals surface area contributed by atoms with Gasteiger partial charge >= 0.3 is 5.97 Å². The third kappa shape index (κ3) is 33.0. The van der Waals surface area contributed by atoms with Crippen molar-refractivity contribution in [1.82, 2.24) is 79.4 Å². The normalized spacial score (nSPS) is 22.9. The van der Waals surface area contributed by atoms with E-state index in [-0.39, 0.29) is 75.4 Å². The Labute approximate surface area is 725 Å². The summed E-state index contributed by atoms with van der Waals surface area (Å²) in [5.41, 5.74) is 8.80. The molecule has 2 heterocycles. The van der Waals surface area contributed by atoms with Crippen molar-refractivity contribution in [2.75, 3.05) is 6.61 Å². The standard InChI is InChI=1S/C87H125N17O21/c1-48(2)41-63(94-53(7)107)79(119)102-71(52(6)106)83(123)99-66(42-54-25-18-17-19-26-54)82(122)104-86(8)39-22-15-13-11-10-12-14-16-23-40-87(9,85(125)101-68(47-105)80(120)93-50(4)73(113)91-49(3)72(89)112)103-81(121)65(43-55-27-24-28-55)97-75(115)61(35-37-69(88)109)95-74(114)51(5)92-77(117)67(45-57-46-90-60-30-21-20-29-59(57)60)98-78(118)64(44-56-31-33-58(108)34-32-56)96-76(116)62(100-84(86)124)36-38-70(110)111/h12,14,17-21,25-26,29-34,46,48-52,55,61-68,71,90,105-106,108H,10-11,13,15-16,22-24,27-28,35-45,47H2,1-9H3,(H2,88,109)(H2,89,112)(H,91,113)(H,92,117)(H,93,120)(H,94,107)(H,95,114)(H,96,116)(H,97,115)(H,98,118)(H,99,123)(H,100,124)(H,101,125)(H,102,119)(H,103,121)(H,104,122)(H,110,111)/b14-12-/t49-,50-,51-,52+,61-,62-,63-,64-,65-,66-,67-,68-,71+,86-,87-/m0/s1. The van der Waals surface area contributed by atoms with Crippen molar-refractivity contribution in [3.63, 3.8) is 0 Å². The van der Waals surface area contributed by atoms with E-state index in [9.17, 15) is 73.2 Å². The van der Waals surface area contributed by atoms with Crippen molar-refractivity contribution in [2.24, 2.45) is 23.3 Å². The van der Waals surface area contributed by atoms with Crippen LogP contribution in [0.5, 0.6) is 5.75 Å². The maximum absolute atomic E-state index is 15.5. The van der Waals surface area contributed by atoms with Crippen LogP contribution in [0, 0.1) is 11.8 Å². The average molecular weight is 1750 g/mol. The lowest BCUT2D eigenvalue weighted by Crippen LogP contribution is -2.65. The Balaban J connectivity index is 1.44. The molecule has 1 saturated carbocycles. The molecule has 1 aliphatic carbocycles. The number of hydrogen-bond acceptors (Lipinski definition) is 20. The number of carboxylic acids is 1. The molecule has 0 saturated heterocycles. The van der Waals surface area contributed by atoms with E-state index < -0.39 is 229 Å². The van der Waals surface area contributed by atoms with Crippen molar-refractivity contribution in [2.45, 2.75) is 287 Å². The van der Waals surface area contributed by atoms with Gasteiger partial charge in [-0.3, -0.25) is 81.5 Å². The van der Waals surface area contributed by atoms with Crippen LogP contribution in [-0.4, -0.2) is 222 Å². The molecule has 23 N–H and O–H groups in total. The number of phenols is 1. The number of aromatic amines is 1. The lowest BCUT2D eigenvalue weighted by Gasteiger charge is -2.35. The highest BCUT2D eigenvalue weighted by molar-refractivity contribution is 6.02. The fraction of sp³-hybridized carbons (Fsp3) is 0.552. The molecule has 0 spiro atoms. The summed E-state index contributed by atoms with van der Waals surface area (Å²) in [7, 11) is 0. The number of hydrogen-bond donors (Lipinski definition) is 21. The zero-order valence-corrected chi connectivity index (χ0v) is 72.3. The van der Waals surface area contributed by atoms with Gasteiger partial charge in [0.1, 0.15) is 89.3 Å². The van der Waals surface area contributed by atoms with Crippen LogP contribution in [0.4, 0.5) is 0 Å². The summed E-state index contributed by atoms with van der Waals surface area (Å²) in [5, 5.41) is 79.2. The molecule has 0 bridgehead atoms. The second-order valence-electron chi connectivity index (χ2n) is 33.3. The lowest BCUT2D eigenvalue weighted by molar-refractivity contribution is -0.140. The molecule has 4 aromatic rings. The monoisotopic (exact) mass is 1740 g/mol. The van der Waals surface area contributed by atoms with Gasteiger partial charge in [-0.05, 0) is 152 Å². The summed E-state index contributed by atoms with van der Waals surface area (Å²) < 4.78 is 0. The first-order valence-electron chi connectivity index (χ1n) is 42.5. The summed E-state index contributed by atoms with van der Waals surface area (Å²) in [6.07, 6.45) is 4.80. The van der Waals surface area contributed by atoms with E-state index in [1.54, 1.807) is 74.6 Å². The predicted molar refractivity (Wildman–Crippen MR) is 458 cm³/mol. The number of carboxylic acid groups (broad SMARTS) is 1. The minimum absolute atomic E-state index is 0.00740. The van der Waals surface area contributed by atoms with Crippen LogP contribution in [-0.2, 0) is 101 Å².